The van der Waals surface area contributed by atoms with Crippen LogP contribution in [0.15, 0.2) is 162 Å². The van der Waals surface area contributed by atoms with Crippen molar-refractivity contribution in [3.63, 3.8) is 0 Å². The molecule has 0 spiro atoms. The predicted molar refractivity (Wildman–Crippen MR) is 194 cm³/mol. The first-order chi connectivity index (χ1) is 24.3. The third-order valence-corrected chi connectivity index (χ3v) is 11.0. The van der Waals surface area contributed by atoms with Gasteiger partial charge in [-0.05, 0) is 48.7 Å². The molecule has 1 saturated heterocycles. The molecule has 49 heavy (non-hydrogen) atoms. The van der Waals surface area contributed by atoms with Gasteiger partial charge in [-0.25, -0.2) is 9.97 Å². The van der Waals surface area contributed by atoms with E-state index in [9.17, 15) is 0 Å². The van der Waals surface area contributed by atoms with E-state index in [1.807, 2.05) is 0 Å². The second-order valence-electron chi connectivity index (χ2n) is 13.5. The van der Waals surface area contributed by atoms with Gasteiger partial charge in [0.15, 0.2) is 5.82 Å². The van der Waals surface area contributed by atoms with Crippen LogP contribution >= 0.6 is 0 Å². The van der Waals surface area contributed by atoms with Gasteiger partial charge in [-0.1, -0.05) is 115 Å². The molecule has 234 valence electrons. The summed E-state index contributed by atoms with van der Waals surface area (Å²) in [6.45, 7) is 0. The topological polar surface area (TPSA) is 41.5 Å². The van der Waals surface area contributed by atoms with Crippen LogP contribution in [0.4, 0.5) is 17.2 Å². The van der Waals surface area contributed by atoms with Crippen LogP contribution < -0.4 is 14.5 Å². The van der Waals surface area contributed by atoms with E-state index in [0.29, 0.717) is 0 Å². The zero-order valence-electron chi connectivity index (χ0n) is 26.8. The molecule has 6 aliphatic rings. The standard InChI is InChI=1S/C44H32N4O/c1-3-15-27(16-4-1)40-44(46-33-23-11-10-22-32(33)45-40)48-35-25-13-7-19-29(35)37-38-31-21-9-14-26-36(31)49-43(38)39-30-20-8-12-24-34(30)47(42(39)41(37)48)28-17-5-2-6-18-28/h1-9,11-21,23-26,30,34,37-38H,10,22H2. The Balaban J connectivity index is 1.27. The fraction of sp³-hybridized carbons (Fsp3) is 0.136. The number of allylic oxidation sites excluding steroid dienone is 6. The van der Waals surface area contributed by atoms with Crippen molar-refractivity contribution in [2.24, 2.45) is 5.92 Å². The third kappa shape index (κ3) is 3.76. The van der Waals surface area contributed by atoms with Crippen LogP contribution in [0.1, 0.15) is 40.8 Å². The van der Waals surface area contributed by atoms with Gasteiger partial charge >= 0.3 is 0 Å². The first-order valence-electron chi connectivity index (χ1n) is 17.3. The lowest BCUT2D eigenvalue weighted by atomic mass is 9.73. The van der Waals surface area contributed by atoms with E-state index < -0.39 is 0 Å². The van der Waals surface area contributed by atoms with E-state index in [2.05, 4.69) is 155 Å². The maximum Gasteiger partial charge on any atom is 0.164 e. The number of rotatable bonds is 3. The fourth-order valence-corrected chi connectivity index (χ4v) is 9.03. The van der Waals surface area contributed by atoms with E-state index in [1.165, 1.54) is 33.8 Å². The Hall–Kier alpha value is -5.94. The van der Waals surface area contributed by atoms with Crippen molar-refractivity contribution in [3.8, 4) is 17.0 Å². The van der Waals surface area contributed by atoms with Gasteiger partial charge in [0.1, 0.15) is 17.2 Å². The molecule has 4 atom stereocenters. The second kappa shape index (κ2) is 10.3. The summed E-state index contributed by atoms with van der Waals surface area (Å²) in [7, 11) is 0. The van der Waals surface area contributed by atoms with Gasteiger partial charge in [0.05, 0.1) is 40.4 Å². The molecule has 1 aromatic heterocycles. The molecule has 4 heterocycles. The normalized spacial score (nSPS) is 23.4. The molecule has 0 N–H and O–H groups in total. The molecule has 5 aromatic rings. The van der Waals surface area contributed by atoms with Gasteiger partial charge in [0.25, 0.3) is 0 Å². The summed E-state index contributed by atoms with van der Waals surface area (Å²) in [6, 6.07) is 39.1. The van der Waals surface area contributed by atoms with Gasteiger partial charge in [-0.2, -0.15) is 0 Å². The van der Waals surface area contributed by atoms with Crippen molar-refractivity contribution in [1.82, 2.24) is 9.97 Å². The highest BCUT2D eigenvalue weighted by atomic mass is 16.5. The lowest BCUT2D eigenvalue weighted by Crippen LogP contribution is -2.33. The smallest absolute Gasteiger partial charge is 0.164 e. The number of aromatic nitrogens is 2. The number of anilines is 3. The summed E-state index contributed by atoms with van der Waals surface area (Å²) in [5, 5.41) is 0. The van der Waals surface area contributed by atoms with Crippen molar-refractivity contribution in [1.29, 1.82) is 0 Å². The van der Waals surface area contributed by atoms with Gasteiger partial charge in [0, 0.05) is 34.2 Å². The van der Waals surface area contributed by atoms with Crippen molar-refractivity contribution in [3.05, 3.63) is 185 Å². The molecule has 4 aromatic carbocycles. The SMILES string of the molecule is C1=CC2C3=C4Oc5ccccc5C4C4C(=C3N(c3ccccc3)C2C=C1)N(c1nc2c(nc1-c1ccccc1)CCC=C2)c1ccccc14. The minimum absolute atomic E-state index is 0.0184. The maximum absolute atomic E-state index is 6.99. The Morgan fingerprint density at radius 1 is 0.714 bits per heavy atom. The van der Waals surface area contributed by atoms with Crippen LogP contribution in [-0.2, 0) is 6.42 Å². The molecule has 4 unspecified atom stereocenters. The fourth-order valence-electron chi connectivity index (χ4n) is 9.03. The number of nitrogens with zero attached hydrogens (tertiary/aromatic N) is 4. The number of benzene rings is 4. The highest BCUT2D eigenvalue weighted by Crippen LogP contribution is 2.66. The quantitative estimate of drug-likeness (QED) is 0.198. The van der Waals surface area contributed by atoms with Crippen molar-refractivity contribution in [2.75, 3.05) is 9.80 Å². The average molecular weight is 633 g/mol. The Morgan fingerprint density at radius 2 is 1.47 bits per heavy atom. The molecule has 0 bridgehead atoms. The lowest BCUT2D eigenvalue weighted by molar-refractivity contribution is 0.401. The molecule has 3 aliphatic heterocycles. The molecular formula is C44H32N4O. The summed E-state index contributed by atoms with van der Waals surface area (Å²) >= 11 is 0. The molecule has 0 amide bonds. The molecular weight excluding hydrogens is 601 g/mol. The van der Waals surface area contributed by atoms with Gasteiger partial charge in [0.2, 0.25) is 0 Å². The number of fused-ring (bicyclic) bond motifs is 11. The minimum atomic E-state index is 0.0184. The molecule has 11 rings (SSSR count). The summed E-state index contributed by atoms with van der Waals surface area (Å²) in [5.41, 5.74) is 12.6. The van der Waals surface area contributed by atoms with Crippen LogP contribution in [0.3, 0.4) is 0 Å². The van der Waals surface area contributed by atoms with Crippen molar-refractivity contribution < 1.29 is 4.74 Å². The molecule has 3 aliphatic carbocycles. The zero-order chi connectivity index (χ0) is 32.1. The number of hydrogen-bond acceptors (Lipinski definition) is 5. The van der Waals surface area contributed by atoms with E-state index in [1.54, 1.807) is 0 Å². The van der Waals surface area contributed by atoms with Crippen LogP contribution in [0.2, 0.25) is 0 Å². The monoisotopic (exact) mass is 632 g/mol. The largest absolute Gasteiger partial charge is 0.460 e. The number of para-hydroxylation sites is 3. The Bertz CT molecular complexity index is 2350. The van der Waals surface area contributed by atoms with Crippen molar-refractivity contribution >= 4 is 23.3 Å². The van der Waals surface area contributed by atoms with E-state index in [0.717, 1.165) is 58.5 Å². The van der Waals surface area contributed by atoms with Crippen LogP contribution in [0, 0.1) is 5.92 Å². The van der Waals surface area contributed by atoms with E-state index in [4.69, 9.17) is 14.7 Å². The second-order valence-corrected chi connectivity index (χ2v) is 13.5. The number of hydrogen-bond donors (Lipinski definition) is 0. The van der Waals surface area contributed by atoms with Gasteiger partial charge < -0.3 is 9.64 Å². The predicted octanol–water partition coefficient (Wildman–Crippen LogP) is 9.62. The number of aryl methyl sites for hydroxylation is 1. The van der Waals surface area contributed by atoms with E-state index in [-0.39, 0.29) is 23.8 Å². The molecule has 0 radical (unpaired) electrons. The highest BCUT2D eigenvalue weighted by Gasteiger charge is 2.57. The zero-order valence-corrected chi connectivity index (χ0v) is 26.8. The maximum atomic E-state index is 6.99. The average Bonchev–Trinajstić information content (AvgIpc) is 3.83. The Labute approximate surface area is 285 Å². The molecule has 0 saturated carbocycles. The first-order valence-corrected chi connectivity index (χ1v) is 17.3. The highest BCUT2D eigenvalue weighted by molar-refractivity contribution is 5.89. The summed E-state index contributed by atoms with van der Waals surface area (Å²) in [6.07, 6.45) is 15.4. The number of ether oxygens (including phenoxy) is 1. The molecule has 1 fully saturated rings. The summed E-state index contributed by atoms with van der Waals surface area (Å²) < 4.78 is 6.99. The minimum Gasteiger partial charge on any atom is -0.460 e. The summed E-state index contributed by atoms with van der Waals surface area (Å²) in [5.74, 6) is 3.11. The lowest BCUT2D eigenvalue weighted by Gasteiger charge is -2.36. The van der Waals surface area contributed by atoms with Gasteiger partial charge in [-0.3, -0.25) is 4.90 Å². The van der Waals surface area contributed by atoms with Crippen molar-refractivity contribution in [2.45, 2.75) is 30.7 Å². The Kier molecular flexibility index (Phi) is 5.68. The van der Waals surface area contributed by atoms with Crippen LogP contribution in [-0.4, -0.2) is 16.0 Å². The first kappa shape index (κ1) is 27.1. The molecule has 5 nitrogen and oxygen atoms in total. The van der Waals surface area contributed by atoms with E-state index >= 15 is 0 Å². The Morgan fingerprint density at radius 3 is 2.35 bits per heavy atom. The van der Waals surface area contributed by atoms with Crippen LogP contribution in [0.25, 0.3) is 17.3 Å². The molecule has 5 heteroatoms. The van der Waals surface area contributed by atoms with Gasteiger partial charge in [-0.15, -0.1) is 0 Å². The third-order valence-electron chi connectivity index (χ3n) is 11.0. The van der Waals surface area contributed by atoms with Crippen LogP contribution in [0.5, 0.6) is 5.75 Å². The summed E-state index contributed by atoms with van der Waals surface area (Å²) in [4.78, 5) is 16.0.